The zero-order valence-corrected chi connectivity index (χ0v) is 12.4. The first-order valence-electron chi connectivity index (χ1n) is 5.40. The molecule has 5 heteroatoms. The Morgan fingerprint density at radius 2 is 2.00 bits per heavy atom. The Morgan fingerprint density at radius 3 is 2.56 bits per heavy atom. The van der Waals surface area contributed by atoms with Crippen molar-refractivity contribution >= 4 is 44.8 Å². The van der Waals surface area contributed by atoms with Crippen molar-refractivity contribution in [2.75, 3.05) is 0 Å². The maximum Gasteiger partial charge on any atom is 0.112 e. The Labute approximate surface area is 124 Å². The second-order valence-corrected chi connectivity index (χ2v) is 5.49. The Bertz CT molecular complexity index is 553. The maximum atomic E-state index is 9.38. The van der Waals surface area contributed by atoms with E-state index in [9.17, 15) is 5.26 Å². The first-order chi connectivity index (χ1) is 8.63. The molecule has 0 saturated carbocycles. The minimum atomic E-state index is -0.493. The predicted octanol–water partition coefficient (Wildman–Crippen LogP) is 5.07. The smallest absolute Gasteiger partial charge is 0.112 e. The van der Waals surface area contributed by atoms with Crippen molar-refractivity contribution in [2.45, 2.75) is 18.8 Å². The van der Waals surface area contributed by atoms with Crippen LogP contribution in [0.25, 0.3) is 0 Å². The quantitative estimate of drug-likeness (QED) is 0.690. The van der Waals surface area contributed by atoms with Gasteiger partial charge in [-0.3, -0.25) is 0 Å². The average molecular weight is 344 g/mol. The summed E-state index contributed by atoms with van der Waals surface area (Å²) in [5.74, 6) is -0.493. The number of hydrogen-bond acceptors (Lipinski definition) is 2. The van der Waals surface area contributed by atoms with Crippen molar-refractivity contribution in [1.29, 1.82) is 5.26 Å². The lowest BCUT2D eigenvalue weighted by atomic mass is 9.92. The molecule has 0 saturated heterocycles. The summed E-state index contributed by atoms with van der Waals surface area (Å²) in [6, 6.07) is 7.48. The SMILES string of the molecule is N#CC(C1=NC(Br)=CCC1)c1c(Cl)cccc1Cl. The van der Waals surface area contributed by atoms with Gasteiger partial charge in [0.25, 0.3) is 0 Å². The minimum absolute atomic E-state index is 0.493. The number of aliphatic imine (C=N–C) groups is 1. The molecule has 92 valence electrons. The highest BCUT2D eigenvalue weighted by atomic mass is 79.9. The third-order valence-electron chi connectivity index (χ3n) is 2.71. The Kier molecular flexibility index (Phi) is 4.45. The van der Waals surface area contributed by atoms with E-state index in [-0.39, 0.29) is 0 Å². The molecule has 1 heterocycles. The zero-order chi connectivity index (χ0) is 13.1. The molecule has 0 amide bonds. The van der Waals surface area contributed by atoms with E-state index in [1.54, 1.807) is 18.2 Å². The number of halogens is 3. The van der Waals surface area contributed by atoms with Gasteiger partial charge in [-0.25, -0.2) is 4.99 Å². The Balaban J connectivity index is 2.47. The molecular formula is C13H9BrCl2N2. The van der Waals surface area contributed by atoms with E-state index >= 15 is 0 Å². The molecule has 1 atom stereocenters. The van der Waals surface area contributed by atoms with Crippen molar-refractivity contribution in [3.05, 3.63) is 44.5 Å². The van der Waals surface area contributed by atoms with Crippen molar-refractivity contribution < 1.29 is 0 Å². The molecule has 0 fully saturated rings. The van der Waals surface area contributed by atoms with Crippen molar-refractivity contribution in [1.82, 2.24) is 0 Å². The fourth-order valence-electron chi connectivity index (χ4n) is 1.88. The summed E-state index contributed by atoms with van der Waals surface area (Å²) in [4.78, 5) is 4.37. The highest BCUT2D eigenvalue weighted by molar-refractivity contribution is 9.11. The van der Waals surface area contributed by atoms with Gasteiger partial charge in [0, 0.05) is 21.3 Å². The van der Waals surface area contributed by atoms with Gasteiger partial charge < -0.3 is 0 Å². The second kappa shape index (κ2) is 5.88. The second-order valence-electron chi connectivity index (χ2n) is 3.87. The van der Waals surface area contributed by atoms with Crippen LogP contribution in [0.1, 0.15) is 24.3 Å². The van der Waals surface area contributed by atoms with Crippen LogP contribution >= 0.6 is 39.1 Å². The van der Waals surface area contributed by atoms with Gasteiger partial charge in [-0.2, -0.15) is 5.26 Å². The van der Waals surface area contributed by atoms with Crippen LogP contribution in [0, 0.1) is 11.3 Å². The fourth-order valence-corrected chi connectivity index (χ4v) is 2.95. The lowest BCUT2D eigenvalue weighted by Gasteiger charge is -2.17. The lowest BCUT2D eigenvalue weighted by molar-refractivity contribution is 0.983. The number of hydrogen-bond donors (Lipinski definition) is 0. The molecule has 0 aliphatic carbocycles. The molecular weight excluding hydrogens is 335 g/mol. The Morgan fingerprint density at radius 1 is 1.33 bits per heavy atom. The van der Waals surface area contributed by atoms with Gasteiger partial charge >= 0.3 is 0 Å². The van der Waals surface area contributed by atoms with E-state index in [4.69, 9.17) is 23.2 Å². The van der Waals surface area contributed by atoms with Crippen LogP contribution in [0.3, 0.4) is 0 Å². The standard InChI is InChI=1S/C13H9BrCl2N2/c14-12-6-2-5-11(18-12)8(7-17)13-9(15)3-1-4-10(13)16/h1,3-4,6,8H,2,5H2. The molecule has 1 unspecified atom stereocenters. The van der Waals surface area contributed by atoms with Gasteiger partial charge in [-0.15, -0.1) is 0 Å². The molecule has 2 nitrogen and oxygen atoms in total. The summed E-state index contributed by atoms with van der Waals surface area (Å²) in [5, 5.41) is 10.4. The molecule has 1 aliphatic rings. The number of rotatable bonds is 2. The van der Waals surface area contributed by atoms with E-state index in [2.05, 4.69) is 27.0 Å². The third-order valence-corrected chi connectivity index (χ3v) is 3.87. The first-order valence-corrected chi connectivity index (χ1v) is 6.95. The minimum Gasteiger partial charge on any atom is -0.249 e. The number of nitriles is 1. The van der Waals surface area contributed by atoms with Crippen molar-refractivity contribution in [3.8, 4) is 6.07 Å². The van der Waals surface area contributed by atoms with Gasteiger partial charge in [-0.05, 0) is 40.9 Å². The molecule has 1 aromatic carbocycles. The molecule has 0 radical (unpaired) electrons. The van der Waals surface area contributed by atoms with Crippen LogP contribution in [0.4, 0.5) is 0 Å². The van der Waals surface area contributed by atoms with Gasteiger partial charge in [0.1, 0.15) is 10.5 Å². The first kappa shape index (κ1) is 13.6. The Hall–Kier alpha value is -0.820. The molecule has 0 N–H and O–H groups in total. The van der Waals surface area contributed by atoms with Crippen LogP contribution in [0.15, 0.2) is 33.9 Å². The lowest BCUT2D eigenvalue weighted by Crippen LogP contribution is -2.14. The number of benzene rings is 1. The maximum absolute atomic E-state index is 9.38. The van der Waals surface area contributed by atoms with Crippen LogP contribution in [0.5, 0.6) is 0 Å². The summed E-state index contributed by atoms with van der Waals surface area (Å²) in [6.45, 7) is 0. The fraction of sp³-hybridized carbons (Fsp3) is 0.231. The molecule has 1 aromatic rings. The average Bonchev–Trinajstić information content (AvgIpc) is 2.34. The van der Waals surface area contributed by atoms with E-state index in [0.29, 0.717) is 15.6 Å². The summed E-state index contributed by atoms with van der Waals surface area (Å²) in [5.41, 5.74) is 1.44. The molecule has 18 heavy (non-hydrogen) atoms. The van der Waals surface area contributed by atoms with Gasteiger partial charge in [0.05, 0.1) is 6.07 Å². The van der Waals surface area contributed by atoms with Crippen LogP contribution in [-0.4, -0.2) is 5.71 Å². The summed E-state index contributed by atoms with van der Waals surface area (Å²) < 4.78 is 0.757. The van der Waals surface area contributed by atoms with E-state index in [1.165, 1.54) is 0 Å². The zero-order valence-electron chi connectivity index (χ0n) is 9.33. The predicted molar refractivity (Wildman–Crippen MR) is 78.5 cm³/mol. The molecule has 2 rings (SSSR count). The summed E-state index contributed by atoms with van der Waals surface area (Å²) in [6.07, 6.45) is 3.58. The number of allylic oxidation sites excluding steroid dienone is 1. The molecule has 1 aliphatic heterocycles. The molecule has 0 spiro atoms. The van der Waals surface area contributed by atoms with Crippen LogP contribution in [-0.2, 0) is 0 Å². The molecule has 0 bridgehead atoms. The monoisotopic (exact) mass is 342 g/mol. The van der Waals surface area contributed by atoms with Gasteiger partial charge in [0.15, 0.2) is 0 Å². The highest BCUT2D eigenvalue weighted by Crippen LogP contribution is 2.34. The van der Waals surface area contributed by atoms with E-state index < -0.39 is 5.92 Å². The van der Waals surface area contributed by atoms with E-state index in [0.717, 1.165) is 23.2 Å². The van der Waals surface area contributed by atoms with Crippen molar-refractivity contribution in [2.24, 2.45) is 4.99 Å². The van der Waals surface area contributed by atoms with Crippen LogP contribution < -0.4 is 0 Å². The largest absolute Gasteiger partial charge is 0.249 e. The van der Waals surface area contributed by atoms with Crippen molar-refractivity contribution in [3.63, 3.8) is 0 Å². The third kappa shape index (κ3) is 2.77. The molecule has 0 aromatic heterocycles. The van der Waals surface area contributed by atoms with Gasteiger partial charge in [0.2, 0.25) is 0 Å². The summed E-state index contributed by atoms with van der Waals surface area (Å²) >= 11 is 15.6. The van der Waals surface area contributed by atoms with E-state index in [1.807, 2.05) is 6.08 Å². The van der Waals surface area contributed by atoms with Gasteiger partial charge in [-0.1, -0.05) is 35.3 Å². The normalized spacial score (nSPS) is 16.6. The topological polar surface area (TPSA) is 36.1 Å². The number of nitrogens with zero attached hydrogens (tertiary/aromatic N) is 2. The highest BCUT2D eigenvalue weighted by Gasteiger charge is 2.24. The van der Waals surface area contributed by atoms with Crippen LogP contribution in [0.2, 0.25) is 10.0 Å². The summed E-state index contributed by atoms with van der Waals surface area (Å²) in [7, 11) is 0.